The predicted molar refractivity (Wildman–Crippen MR) is 73.5 cm³/mol. The van der Waals surface area contributed by atoms with E-state index in [2.05, 4.69) is 0 Å². The molecule has 0 fully saturated rings. The van der Waals surface area contributed by atoms with Crippen LogP contribution in [-0.4, -0.2) is 35.0 Å². The maximum atomic E-state index is 12.0. The highest BCUT2D eigenvalue weighted by atomic mass is 35.5. The van der Waals surface area contributed by atoms with Crippen molar-refractivity contribution in [3.05, 3.63) is 23.2 Å². The third-order valence-corrected chi connectivity index (χ3v) is 5.51. The van der Waals surface area contributed by atoms with Crippen LogP contribution in [-0.2, 0) is 24.7 Å². The van der Waals surface area contributed by atoms with Crippen molar-refractivity contribution in [3.63, 3.8) is 0 Å². The Bertz CT molecular complexity index is 743. The lowest BCUT2D eigenvalue weighted by Gasteiger charge is -2.12. The van der Waals surface area contributed by atoms with E-state index in [0.717, 1.165) is 18.4 Å². The molecule has 0 aromatic heterocycles. The lowest BCUT2D eigenvalue weighted by Crippen LogP contribution is -2.42. The van der Waals surface area contributed by atoms with Crippen molar-refractivity contribution in [1.29, 1.82) is 0 Å². The van der Waals surface area contributed by atoms with Gasteiger partial charge in [-0.2, -0.15) is 4.72 Å². The smallest absolute Gasteiger partial charge is 0.242 e. The molecule has 0 aliphatic carbocycles. The second kappa shape index (κ2) is 5.68. The van der Waals surface area contributed by atoms with E-state index in [1.807, 2.05) is 4.72 Å². The first kappa shape index (κ1) is 16.9. The molecule has 7 nitrogen and oxygen atoms in total. The molecule has 0 heterocycles. The number of halogens is 1. The van der Waals surface area contributed by atoms with Crippen molar-refractivity contribution in [2.24, 2.45) is 5.73 Å². The molecule has 1 aromatic rings. The molecule has 1 atom stereocenters. The van der Waals surface area contributed by atoms with Gasteiger partial charge in [-0.3, -0.25) is 4.79 Å². The van der Waals surface area contributed by atoms with Crippen molar-refractivity contribution < 1.29 is 21.6 Å². The van der Waals surface area contributed by atoms with Crippen molar-refractivity contribution in [3.8, 4) is 0 Å². The van der Waals surface area contributed by atoms with Gasteiger partial charge >= 0.3 is 0 Å². The molecule has 0 aliphatic heterocycles. The fourth-order valence-electron chi connectivity index (χ4n) is 1.27. The number of rotatable bonds is 5. The minimum Gasteiger partial charge on any atom is -0.368 e. The molecular weight excluding hydrogens is 328 g/mol. The van der Waals surface area contributed by atoms with E-state index in [1.165, 1.54) is 13.0 Å². The van der Waals surface area contributed by atoms with Crippen LogP contribution in [0.25, 0.3) is 0 Å². The summed E-state index contributed by atoms with van der Waals surface area (Å²) in [5.74, 6) is -0.871. The number of carbonyl (C=O) groups is 1. The predicted octanol–water partition coefficient (Wildman–Crippen LogP) is -0.104. The Hall–Kier alpha value is -1.16. The Morgan fingerprint density at radius 3 is 2.30 bits per heavy atom. The first-order chi connectivity index (χ1) is 8.95. The van der Waals surface area contributed by atoms with Crippen LogP contribution in [0, 0.1) is 0 Å². The molecule has 1 amide bonds. The number of carbonyl (C=O) groups excluding carboxylic acids is 1. The van der Waals surface area contributed by atoms with Crippen molar-refractivity contribution in [2.75, 3.05) is 6.26 Å². The highest BCUT2D eigenvalue weighted by molar-refractivity contribution is 7.91. The average molecular weight is 341 g/mol. The van der Waals surface area contributed by atoms with Gasteiger partial charge in [0.1, 0.15) is 4.90 Å². The second-order valence-corrected chi connectivity index (χ2v) is 8.22. The molecule has 112 valence electrons. The molecular formula is C10H13ClN2O5S2. The molecule has 0 bridgehead atoms. The Kier molecular flexibility index (Phi) is 4.80. The maximum absolute atomic E-state index is 12.0. The third kappa shape index (κ3) is 3.92. The molecule has 0 radical (unpaired) electrons. The summed E-state index contributed by atoms with van der Waals surface area (Å²) in [5, 5.41) is -0.165. The molecule has 0 saturated carbocycles. The zero-order valence-corrected chi connectivity index (χ0v) is 13.0. The molecule has 20 heavy (non-hydrogen) atoms. The lowest BCUT2D eigenvalue weighted by atomic mass is 10.4. The van der Waals surface area contributed by atoms with Gasteiger partial charge in [-0.25, -0.2) is 16.8 Å². The van der Waals surface area contributed by atoms with Crippen molar-refractivity contribution >= 4 is 37.4 Å². The quantitative estimate of drug-likeness (QED) is 0.774. The summed E-state index contributed by atoms with van der Waals surface area (Å²) in [5.41, 5.74) is 4.96. The van der Waals surface area contributed by atoms with Crippen LogP contribution < -0.4 is 10.5 Å². The van der Waals surface area contributed by atoms with Gasteiger partial charge in [0.25, 0.3) is 0 Å². The normalized spacial score (nSPS) is 13.9. The van der Waals surface area contributed by atoms with Gasteiger partial charge in [0, 0.05) is 6.26 Å². The van der Waals surface area contributed by atoms with Gasteiger partial charge in [0.2, 0.25) is 15.9 Å². The maximum Gasteiger partial charge on any atom is 0.242 e. The number of nitrogens with two attached hydrogens (primary N) is 1. The number of hydrogen-bond acceptors (Lipinski definition) is 5. The number of sulfonamides is 1. The third-order valence-electron chi connectivity index (χ3n) is 2.38. The van der Waals surface area contributed by atoms with E-state index in [9.17, 15) is 21.6 Å². The number of sulfone groups is 1. The van der Waals surface area contributed by atoms with Gasteiger partial charge in [-0.05, 0) is 25.1 Å². The van der Waals surface area contributed by atoms with Crippen LogP contribution >= 0.6 is 11.6 Å². The largest absolute Gasteiger partial charge is 0.368 e. The van der Waals surface area contributed by atoms with E-state index < -0.39 is 36.7 Å². The van der Waals surface area contributed by atoms with Gasteiger partial charge in [0.15, 0.2) is 9.84 Å². The minimum absolute atomic E-state index is 0.165. The summed E-state index contributed by atoms with van der Waals surface area (Å²) < 4.78 is 49.0. The van der Waals surface area contributed by atoms with Crippen LogP contribution in [0.5, 0.6) is 0 Å². The lowest BCUT2D eigenvalue weighted by molar-refractivity contribution is -0.119. The summed E-state index contributed by atoms with van der Waals surface area (Å²) in [4.78, 5) is 10.3. The summed E-state index contributed by atoms with van der Waals surface area (Å²) >= 11 is 5.76. The zero-order valence-electron chi connectivity index (χ0n) is 10.6. The highest BCUT2D eigenvalue weighted by Gasteiger charge is 2.24. The van der Waals surface area contributed by atoms with E-state index in [-0.39, 0.29) is 9.92 Å². The molecule has 0 saturated heterocycles. The van der Waals surface area contributed by atoms with Crippen LogP contribution in [0.2, 0.25) is 5.02 Å². The summed E-state index contributed by atoms with van der Waals surface area (Å²) in [6, 6.07) is 2.11. The minimum atomic E-state index is -4.17. The van der Waals surface area contributed by atoms with Crippen molar-refractivity contribution in [1.82, 2.24) is 4.72 Å². The van der Waals surface area contributed by atoms with E-state index in [1.54, 1.807) is 0 Å². The Morgan fingerprint density at radius 1 is 1.30 bits per heavy atom. The standard InChI is InChI=1S/C10H13ClN2O5S2/c1-6(10(12)14)13-20(17,18)9-5-7(19(2,15)16)3-4-8(9)11/h3-6,13H,1-2H3,(H2,12,14)/t6-/m1/s1. The Balaban J connectivity index is 3.35. The molecule has 1 rings (SSSR count). The Morgan fingerprint density at radius 2 is 1.85 bits per heavy atom. The number of amides is 1. The van der Waals surface area contributed by atoms with Gasteiger partial charge in [-0.15, -0.1) is 0 Å². The molecule has 0 unspecified atom stereocenters. The Labute approximate surface area is 122 Å². The number of nitrogens with one attached hydrogen (secondary N) is 1. The van der Waals surface area contributed by atoms with Crippen LogP contribution in [0.15, 0.2) is 28.0 Å². The first-order valence-corrected chi connectivity index (χ1v) is 9.01. The molecule has 3 N–H and O–H groups in total. The number of benzene rings is 1. The zero-order chi connectivity index (χ0) is 15.7. The molecule has 0 aliphatic rings. The summed E-state index contributed by atoms with van der Waals surface area (Å²) in [6.45, 7) is 1.26. The van der Waals surface area contributed by atoms with Gasteiger partial charge in [-0.1, -0.05) is 11.6 Å². The fraction of sp³-hybridized carbons (Fsp3) is 0.300. The highest BCUT2D eigenvalue weighted by Crippen LogP contribution is 2.24. The summed E-state index contributed by atoms with van der Waals surface area (Å²) in [6.07, 6.45) is 0.937. The van der Waals surface area contributed by atoms with E-state index >= 15 is 0 Å². The molecule has 1 aromatic carbocycles. The topological polar surface area (TPSA) is 123 Å². The second-order valence-electron chi connectivity index (χ2n) is 4.11. The van der Waals surface area contributed by atoms with Gasteiger partial charge < -0.3 is 5.73 Å². The first-order valence-electron chi connectivity index (χ1n) is 5.26. The fourth-order valence-corrected chi connectivity index (χ4v) is 3.73. The van der Waals surface area contributed by atoms with Gasteiger partial charge in [0.05, 0.1) is 16.0 Å². The monoisotopic (exact) mass is 340 g/mol. The van der Waals surface area contributed by atoms with E-state index in [4.69, 9.17) is 17.3 Å². The number of primary amides is 1. The molecule has 10 heteroatoms. The van der Waals surface area contributed by atoms with Crippen LogP contribution in [0.4, 0.5) is 0 Å². The van der Waals surface area contributed by atoms with Crippen molar-refractivity contribution in [2.45, 2.75) is 22.8 Å². The SMILES string of the molecule is C[C@@H](NS(=O)(=O)c1cc(S(C)(=O)=O)ccc1Cl)C(N)=O. The van der Waals surface area contributed by atoms with E-state index in [0.29, 0.717) is 0 Å². The molecule has 0 spiro atoms. The summed E-state index contributed by atoms with van der Waals surface area (Å²) in [7, 11) is -7.75. The van der Waals surface area contributed by atoms with Crippen LogP contribution in [0.3, 0.4) is 0 Å². The van der Waals surface area contributed by atoms with Crippen LogP contribution in [0.1, 0.15) is 6.92 Å². The average Bonchev–Trinajstić information content (AvgIpc) is 2.26. The number of hydrogen-bond donors (Lipinski definition) is 2.